The molecule has 0 unspecified atom stereocenters. The molecule has 1 heterocycles. The standard InChI is InChI=1S/C11H14BrN/c1-8-6-11(13-7-8)9-2-4-10(12)5-3-9/h2-5,8,11,13H,6-7H2,1H3/t8-,11+/m1/s1. The monoisotopic (exact) mass is 239 g/mol. The molecule has 0 spiro atoms. The summed E-state index contributed by atoms with van der Waals surface area (Å²) < 4.78 is 1.15. The van der Waals surface area contributed by atoms with Gasteiger partial charge in [-0.2, -0.15) is 0 Å². The van der Waals surface area contributed by atoms with Crippen LogP contribution in [0, 0.1) is 5.92 Å². The Hall–Kier alpha value is -0.340. The summed E-state index contributed by atoms with van der Waals surface area (Å²) in [6.45, 7) is 3.45. The number of hydrogen-bond acceptors (Lipinski definition) is 1. The molecule has 0 amide bonds. The molecule has 0 aliphatic carbocycles. The summed E-state index contributed by atoms with van der Waals surface area (Å²) in [5.41, 5.74) is 1.41. The molecule has 1 aromatic carbocycles. The van der Waals surface area contributed by atoms with Gasteiger partial charge < -0.3 is 5.32 Å². The van der Waals surface area contributed by atoms with Crippen molar-refractivity contribution in [2.75, 3.05) is 6.54 Å². The molecule has 0 bridgehead atoms. The Morgan fingerprint density at radius 2 is 2.00 bits per heavy atom. The smallest absolute Gasteiger partial charge is 0.0323 e. The maximum Gasteiger partial charge on any atom is 0.0323 e. The zero-order valence-corrected chi connectivity index (χ0v) is 9.34. The molecule has 1 aromatic rings. The summed E-state index contributed by atoms with van der Waals surface area (Å²) in [5, 5.41) is 3.53. The van der Waals surface area contributed by atoms with E-state index in [1.807, 2.05) is 0 Å². The molecular weight excluding hydrogens is 226 g/mol. The van der Waals surface area contributed by atoms with Crippen LogP contribution >= 0.6 is 15.9 Å². The van der Waals surface area contributed by atoms with Crippen molar-refractivity contribution in [2.24, 2.45) is 5.92 Å². The van der Waals surface area contributed by atoms with Crippen molar-refractivity contribution >= 4 is 15.9 Å². The van der Waals surface area contributed by atoms with Crippen LogP contribution in [0.15, 0.2) is 28.7 Å². The van der Waals surface area contributed by atoms with Crippen molar-refractivity contribution in [3.63, 3.8) is 0 Å². The predicted octanol–water partition coefficient (Wildman–Crippen LogP) is 3.12. The van der Waals surface area contributed by atoms with Gasteiger partial charge in [-0.1, -0.05) is 35.0 Å². The van der Waals surface area contributed by atoms with E-state index in [9.17, 15) is 0 Å². The lowest BCUT2D eigenvalue weighted by molar-refractivity contribution is 0.612. The Balaban J connectivity index is 2.13. The molecule has 1 saturated heterocycles. The van der Waals surface area contributed by atoms with Gasteiger partial charge in [0.25, 0.3) is 0 Å². The average Bonchev–Trinajstić information content (AvgIpc) is 2.53. The van der Waals surface area contributed by atoms with Gasteiger partial charge >= 0.3 is 0 Å². The highest BCUT2D eigenvalue weighted by Crippen LogP contribution is 2.27. The highest BCUT2D eigenvalue weighted by atomic mass is 79.9. The second-order valence-corrected chi connectivity index (χ2v) is 4.77. The van der Waals surface area contributed by atoms with Gasteiger partial charge in [-0.05, 0) is 36.6 Å². The Labute approximate surface area is 87.7 Å². The van der Waals surface area contributed by atoms with Gasteiger partial charge in [-0.3, -0.25) is 0 Å². The maximum absolute atomic E-state index is 3.53. The third-order valence-corrected chi connectivity index (χ3v) is 3.15. The number of benzene rings is 1. The molecule has 0 radical (unpaired) electrons. The first-order valence-corrected chi connectivity index (χ1v) is 5.54. The van der Waals surface area contributed by atoms with Gasteiger partial charge in [0, 0.05) is 10.5 Å². The van der Waals surface area contributed by atoms with Crippen molar-refractivity contribution in [2.45, 2.75) is 19.4 Å². The predicted molar refractivity (Wildman–Crippen MR) is 58.7 cm³/mol. The van der Waals surface area contributed by atoms with Crippen LogP contribution < -0.4 is 5.32 Å². The highest BCUT2D eigenvalue weighted by Gasteiger charge is 2.21. The first kappa shape index (κ1) is 9.22. The fourth-order valence-electron chi connectivity index (χ4n) is 1.86. The Morgan fingerprint density at radius 3 is 2.54 bits per heavy atom. The lowest BCUT2D eigenvalue weighted by Gasteiger charge is -2.10. The van der Waals surface area contributed by atoms with Crippen LogP contribution in [0.4, 0.5) is 0 Å². The average molecular weight is 240 g/mol. The van der Waals surface area contributed by atoms with Crippen LogP contribution in [-0.4, -0.2) is 6.54 Å². The molecule has 1 fully saturated rings. The van der Waals surface area contributed by atoms with Gasteiger partial charge in [0.2, 0.25) is 0 Å². The van der Waals surface area contributed by atoms with Crippen LogP contribution in [0.2, 0.25) is 0 Å². The molecule has 13 heavy (non-hydrogen) atoms. The molecule has 2 rings (SSSR count). The summed E-state index contributed by atoms with van der Waals surface area (Å²) in [6, 6.07) is 9.18. The first-order valence-electron chi connectivity index (χ1n) is 4.74. The van der Waals surface area contributed by atoms with Crippen LogP contribution in [0.25, 0.3) is 0 Å². The zero-order chi connectivity index (χ0) is 9.26. The van der Waals surface area contributed by atoms with Crippen LogP contribution in [0.3, 0.4) is 0 Å². The fourth-order valence-corrected chi connectivity index (χ4v) is 2.13. The first-order chi connectivity index (χ1) is 6.25. The molecule has 70 valence electrons. The van der Waals surface area contributed by atoms with Crippen LogP contribution in [0.5, 0.6) is 0 Å². The molecule has 1 nitrogen and oxygen atoms in total. The largest absolute Gasteiger partial charge is 0.310 e. The second kappa shape index (κ2) is 3.81. The van der Waals surface area contributed by atoms with Gasteiger partial charge in [-0.15, -0.1) is 0 Å². The summed E-state index contributed by atoms with van der Waals surface area (Å²) in [5.74, 6) is 0.814. The normalized spacial score (nSPS) is 27.8. The summed E-state index contributed by atoms with van der Waals surface area (Å²) in [4.78, 5) is 0. The van der Waals surface area contributed by atoms with E-state index in [-0.39, 0.29) is 0 Å². The van der Waals surface area contributed by atoms with Gasteiger partial charge in [0.1, 0.15) is 0 Å². The zero-order valence-electron chi connectivity index (χ0n) is 7.76. The summed E-state index contributed by atoms with van der Waals surface area (Å²) in [6.07, 6.45) is 1.27. The minimum Gasteiger partial charge on any atom is -0.310 e. The molecule has 2 heteroatoms. The van der Waals surface area contributed by atoms with Gasteiger partial charge in [-0.25, -0.2) is 0 Å². The Kier molecular flexibility index (Phi) is 2.70. The number of nitrogens with one attached hydrogen (secondary N) is 1. The quantitative estimate of drug-likeness (QED) is 0.795. The number of rotatable bonds is 1. The van der Waals surface area contributed by atoms with Gasteiger partial charge in [0.15, 0.2) is 0 Å². The topological polar surface area (TPSA) is 12.0 Å². The van der Waals surface area contributed by atoms with Crippen molar-refractivity contribution in [1.82, 2.24) is 5.32 Å². The van der Waals surface area contributed by atoms with E-state index in [1.165, 1.54) is 12.0 Å². The van der Waals surface area contributed by atoms with Gasteiger partial charge in [0.05, 0.1) is 0 Å². The summed E-state index contributed by atoms with van der Waals surface area (Å²) in [7, 11) is 0. The third-order valence-electron chi connectivity index (χ3n) is 2.62. The fraction of sp³-hybridized carbons (Fsp3) is 0.455. The van der Waals surface area contributed by atoms with E-state index in [1.54, 1.807) is 0 Å². The van der Waals surface area contributed by atoms with Crippen molar-refractivity contribution < 1.29 is 0 Å². The summed E-state index contributed by atoms with van der Waals surface area (Å²) >= 11 is 3.45. The minimum atomic E-state index is 0.572. The molecule has 1 aliphatic heterocycles. The maximum atomic E-state index is 3.53. The van der Waals surface area contributed by atoms with E-state index in [0.717, 1.165) is 16.9 Å². The highest BCUT2D eigenvalue weighted by molar-refractivity contribution is 9.10. The molecule has 0 saturated carbocycles. The second-order valence-electron chi connectivity index (χ2n) is 3.85. The lowest BCUT2D eigenvalue weighted by atomic mass is 10.0. The SMILES string of the molecule is C[C@H]1CN[C@H](c2ccc(Br)cc2)C1. The lowest BCUT2D eigenvalue weighted by Crippen LogP contribution is -2.13. The molecular formula is C11H14BrN. The minimum absolute atomic E-state index is 0.572. The third kappa shape index (κ3) is 2.12. The van der Waals surface area contributed by atoms with E-state index in [0.29, 0.717) is 6.04 Å². The molecule has 2 atom stereocenters. The Morgan fingerprint density at radius 1 is 1.31 bits per heavy atom. The van der Waals surface area contributed by atoms with Crippen LogP contribution in [0.1, 0.15) is 24.9 Å². The number of hydrogen-bond donors (Lipinski definition) is 1. The van der Waals surface area contributed by atoms with Crippen molar-refractivity contribution in [3.05, 3.63) is 34.3 Å². The van der Waals surface area contributed by atoms with E-state index < -0.39 is 0 Å². The number of halogens is 1. The van der Waals surface area contributed by atoms with E-state index in [4.69, 9.17) is 0 Å². The van der Waals surface area contributed by atoms with Crippen LogP contribution in [-0.2, 0) is 0 Å². The Bertz CT molecular complexity index is 281. The van der Waals surface area contributed by atoms with E-state index >= 15 is 0 Å². The molecule has 0 aromatic heterocycles. The van der Waals surface area contributed by atoms with Crippen molar-refractivity contribution in [1.29, 1.82) is 0 Å². The molecule has 1 N–H and O–H groups in total. The molecule has 1 aliphatic rings. The van der Waals surface area contributed by atoms with E-state index in [2.05, 4.69) is 52.4 Å². The van der Waals surface area contributed by atoms with Crippen molar-refractivity contribution in [3.8, 4) is 0 Å².